The number of likely N-dealkylation sites (tertiary alicyclic amines) is 1. The number of piperidine rings is 1. The number of nitrogens with two attached hydrogens (primary N) is 2. The quantitative estimate of drug-likeness (QED) is 0.499. The minimum absolute atomic E-state index is 0.0852. The van der Waals surface area contributed by atoms with Crippen molar-refractivity contribution < 1.29 is 14.3 Å². The zero-order chi connectivity index (χ0) is 27.4. The second-order valence-electron chi connectivity index (χ2n) is 10.6. The predicted octanol–water partition coefficient (Wildman–Crippen LogP) is 0.646. The highest BCUT2D eigenvalue weighted by atomic mass is 16.5. The Morgan fingerprint density at radius 1 is 1.05 bits per heavy atom. The van der Waals surface area contributed by atoms with Crippen LogP contribution in [0.25, 0.3) is 5.69 Å². The third kappa shape index (κ3) is 6.23. The van der Waals surface area contributed by atoms with Crippen LogP contribution in [0.2, 0.25) is 0 Å². The first-order chi connectivity index (χ1) is 18.1. The fraction of sp³-hybridized carbons (Fsp3) is 0.556. The summed E-state index contributed by atoms with van der Waals surface area (Å²) in [7, 11) is 0. The van der Waals surface area contributed by atoms with E-state index in [1.54, 1.807) is 37.9 Å². The summed E-state index contributed by atoms with van der Waals surface area (Å²) in [6, 6.07) is 8.81. The minimum atomic E-state index is -0.909. The molecule has 1 unspecified atom stereocenters. The Labute approximate surface area is 223 Å². The number of piperazine rings is 1. The molecule has 4 rings (SSSR count). The van der Waals surface area contributed by atoms with Gasteiger partial charge in [-0.25, -0.2) is 9.59 Å². The molecule has 11 nitrogen and oxygen atoms in total. The molecule has 2 aliphatic heterocycles. The van der Waals surface area contributed by atoms with Gasteiger partial charge in [0.05, 0.1) is 17.8 Å². The predicted molar refractivity (Wildman–Crippen MR) is 145 cm³/mol. The first-order valence-electron chi connectivity index (χ1n) is 13.3. The molecule has 0 radical (unpaired) electrons. The number of nitrogens with zero attached hydrogens (tertiary/aromatic N) is 5. The van der Waals surface area contributed by atoms with Crippen molar-refractivity contribution in [2.75, 3.05) is 50.8 Å². The van der Waals surface area contributed by atoms with E-state index in [0.717, 1.165) is 31.5 Å². The van der Waals surface area contributed by atoms with E-state index < -0.39 is 17.3 Å². The van der Waals surface area contributed by atoms with Gasteiger partial charge in [0.25, 0.3) is 0 Å². The highest BCUT2D eigenvalue weighted by Gasteiger charge is 2.32. The first-order valence-corrected chi connectivity index (χ1v) is 13.3. The Kier molecular flexibility index (Phi) is 8.49. The van der Waals surface area contributed by atoms with Gasteiger partial charge in [0.1, 0.15) is 11.9 Å². The van der Waals surface area contributed by atoms with Gasteiger partial charge >= 0.3 is 11.7 Å². The molecule has 0 bridgehead atoms. The lowest BCUT2D eigenvalue weighted by Gasteiger charge is -2.38. The van der Waals surface area contributed by atoms with Crippen LogP contribution in [0.4, 0.5) is 5.82 Å². The molecular formula is C27H39N7O4. The van der Waals surface area contributed by atoms with Crippen molar-refractivity contribution in [3.05, 3.63) is 52.6 Å². The zero-order valence-electron chi connectivity index (χ0n) is 22.5. The number of esters is 1. The molecule has 3 heterocycles. The van der Waals surface area contributed by atoms with Crippen molar-refractivity contribution in [2.24, 2.45) is 11.5 Å². The van der Waals surface area contributed by atoms with Gasteiger partial charge in [0.2, 0.25) is 5.91 Å². The summed E-state index contributed by atoms with van der Waals surface area (Å²) >= 11 is 0. The minimum Gasteiger partial charge on any atom is -0.465 e. The van der Waals surface area contributed by atoms with Crippen LogP contribution >= 0.6 is 0 Å². The van der Waals surface area contributed by atoms with E-state index in [1.807, 2.05) is 29.2 Å². The third-order valence-electron chi connectivity index (χ3n) is 7.17. The maximum Gasteiger partial charge on any atom is 0.354 e. The molecule has 1 atom stereocenters. The third-order valence-corrected chi connectivity index (χ3v) is 7.17. The molecule has 0 saturated carbocycles. The number of carbonyl (C=O) groups excluding carboxylic acids is 2. The van der Waals surface area contributed by atoms with E-state index in [2.05, 4.69) is 9.88 Å². The van der Waals surface area contributed by atoms with Gasteiger partial charge in [-0.15, -0.1) is 0 Å². The molecule has 11 heteroatoms. The Bertz CT molecular complexity index is 1180. The van der Waals surface area contributed by atoms with E-state index in [1.165, 1.54) is 4.57 Å². The lowest BCUT2D eigenvalue weighted by atomic mass is 9.99. The van der Waals surface area contributed by atoms with Crippen molar-refractivity contribution in [3.63, 3.8) is 0 Å². The molecule has 0 aliphatic carbocycles. The van der Waals surface area contributed by atoms with Crippen molar-refractivity contribution in [1.29, 1.82) is 0 Å². The van der Waals surface area contributed by atoms with E-state index >= 15 is 0 Å². The largest absolute Gasteiger partial charge is 0.465 e. The molecule has 2 aromatic rings. The fourth-order valence-corrected chi connectivity index (χ4v) is 5.02. The summed E-state index contributed by atoms with van der Waals surface area (Å²) < 4.78 is 6.85. The Balaban J connectivity index is 1.47. The molecule has 1 aromatic carbocycles. The highest BCUT2D eigenvalue weighted by molar-refractivity contribution is 5.85. The topological polar surface area (TPSA) is 140 Å². The molecule has 2 fully saturated rings. The molecule has 206 valence electrons. The van der Waals surface area contributed by atoms with Crippen LogP contribution in [0, 0.1) is 0 Å². The van der Waals surface area contributed by atoms with Gasteiger partial charge in [-0.1, -0.05) is 12.1 Å². The summed E-state index contributed by atoms with van der Waals surface area (Å²) in [6.07, 6.45) is 3.37. The normalized spacial score (nSPS) is 18.3. The van der Waals surface area contributed by atoms with Crippen LogP contribution in [0.15, 0.2) is 41.3 Å². The van der Waals surface area contributed by atoms with Gasteiger partial charge in [0, 0.05) is 51.5 Å². The maximum absolute atomic E-state index is 12.9. The molecule has 2 saturated heterocycles. The average Bonchev–Trinajstić information content (AvgIpc) is 2.90. The summed E-state index contributed by atoms with van der Waals surface area (Å²) in [5, 5.41) is 0. The fourth-order valence-electron chi connectivity index (χ4n) is 5.02. The van der Waals surface area contributed by atoms with Crippen molar-refractivity contribution in [2.45, 2.75) is 51.2 Å². The average molecular weight is 526 g/mol. The number of benzene rings is 1. The van der Waals surface area contributed by atoms with E-state index in [-0.39, 0.29) is 17.9 Å². The molecule has 2 aliphatic rings. The molecule has 0 spiro atoms. The van der Waals surface area contributed by atoms with Gasteiger partial charge < -0.3 is 26.0 Å². The monoisotopic (exact) mass is 525 g/mol. The second kappa shape index (κ2) is 11.6. The Hall–Kier alpha value is -3.28. The standard InChI is InChI=1S/C27H39N7O4/c1-4-38-24(35)23(32-12-9-20(28)10-13-32)19-5-7-21(8-6-19)34-14-11-22(30-26(34)37)31-15-17-33(18-16-31)25(36)27(2,3)29/h5-8,11,14,20,23H,4,9-10,12-13,15-18,28-29H2,1-3H3. The van der Waals surface area contributed by atoms with Crippen LogP contribution in [-0.4, -0.2) is 88.7 Å². The summed E-state index contributed by atoms with van der Waals surface area (Å²) in [4.78, 5) is 48.4. The van der Waals surface area contributed by atoms with Gasteiger partial charge in [0.15, 0.2) is 0 Å². The SMILES string of the molecule is CCOC(=O)C(c1ccc(-n2ccc(N3CCN(C(=O)C(C)(C)N)CC3)nc2=O)cc1)N1CCC(N)CC1. The van der Waals surface area contributed by atoms with Crippen LogP contribution in [0.1, 0.15) is 45.2 Å². The molecule has 38 heavy (non-hydrogen) atoms. The Morgan fingerprint density at radius 2 is 1.68 bits per heavy atom. The van der Waals surface area contributed by atoms with Gasteiger partial charge in [-0.2, -0.15) is 4.98 Å². The van der Waals surface area contributed by atoms with Gasteiger partial charge in [-0.05, 0) is 57.4 Å². The summed E-state index contributed by atoms with van der Waals surface area (Å²) in [5.74, 6) is 0.210. The lowest BCUT2D eigenvalue weighted by Crippen LogP contribution is -2.57. The lowest BCUT2D eigenvalue weighted by molar-refractivity contribution is -0.150. The zero-order valence-corrected chi connectivity index (χ0v) is 22.5. The molecule has 4 N–H and O–H groups in total. The number of amides is 1. The number of aromatic nitrogens is 2. The van der Waals surface area contributed by atoms with Crippen LogP contribution in [-0.2, 0) is 14.3 Å². The van der Waals surface area contributed by atoms with Crippen molar-refractivity contribution in [1.82, 2.24) is 19.4 Å². The van der Waals surface area contributed by atoms with Crippen LogP contribution < -0.4 is 22.1 Å². The molecule has 1 amide bonds. The molecule has 1 aromatic heterocycles. The number of hydrogen-bond acceptors (Lipinski definition) is 9. The maximum atomic E-state index is 12.9. The van der Waals surface area contributed by atoms with Crippen LogP contribution in [0.5, 0.6) is 0 Å². The van der Waals surface area contributed by atoms with Crippen LogP contribution in [0.3, 0.4) is 0 Å². The summed E-state index contributed by atoms with van der Waals surface area (Å²) in [5.41, 5.74) is 12.2. The number of ether oxygens (including phenoxy) is 1. The van der Waals surface area contributed by atoms with Crippen molar-refractivity contribution >= 4 is 17.7 Å². The summed E-state index contributed by atoms with van der Waals surface area (Å²) in [6.45, 7) is 9.16. The van der Waals surface area contributed by atoms with E-state index in [9.17, 15) is 14.4 Å². The molecular weight excluding hydrogens is 486 g/mol. The smallest absolute Gasteiger partial charge is 0.354 e. The van der Waals surface area contributed by atoms with Gasteiger partial charge in [-0.3, -0.25) is 14.3 Å². The second-order valence-corrected chi connectivity index (χ2v) is 10.6. The number of hydrogen-bond donors (Lipinski definition) is 2. The highest BCUT2D eigenvalue weighted by Crippen LogP contribution is 2.27. The van der Waals surface area contributed by atoms with E-state index in [4.69, 9.17) is 16.2 Å². The Morgan fingerprint density at radius 3 is 2.24 bits per heavy atom. The number of rotatable bonds is 7. The number of carbonyl (C=O) groups is 2. The number of anilines is 1. The van der Waals surface area contributed by atoms with E-state index in [0.29, 0.717) is 44.3 Å². The first kappa shape index (κ1) is 27.7. The van der Waals surface area contributed by atoms with Crippen molar-refractivity contribution in [3.8, 4) is 5.69 Å².